The van der Waals surface area contributed by atoms with E-state index >= 15 is 0 Å². The van der Waals surface area contributed by atoms with Gasteiger partial charge in [-0.05, 0) is 39.7 Å². The minimum absolute atomic E-state index is 0.0367. The summed E-state index contributed by atoms with van der Waals surface area (Å²) in [6, 6.07) is 0. The number of carbonyl (C=O) groups is 1. The van der Waals surface area contributed by atoms with Crippen LogP contribution in [0.15, 0.2) is 5.16 Å². The third kappa shape index (κ3) is 5.06. The maximum absolute atomic E-state index is 11.9. The van der Waals surface area contributed by atoms with Crippen molar-refractivity contribution in [1.82, 2.24) is 15.3 Å². The van der Waals surface area contributed by atoms with Gasteiger partial charge in [0.1, 0.15) is 10.6 Å². The maximum Gasteiger partial charge on any atom is 0.230 e. The van der Waals surface area contributed by atoms with Crippen LogP contribution in [0.3, 0.4) is 0 Å². The van der Waals surface area contributed by atoms with E-state index in [0.717, 1.165) is 22.2 Å². The molecule has 6 nitrogen and oxygen atoms in total. The third-order valence-corrected chi connectivity index (χ3v) is 5.41. The highest BCUT2D eigenvalue weighted by molar-refractivity contribution is 7.99. The van der Waals surface area contributed by atoms with E-state index in [1.807, 2.05) is 27.7 Å². The standard InChI is InChI=1S/C16H24N4O2S2/c1-9(2)22-7-5-6-18-12(21)8-23-16-19-14(17)13-10(3)11(4)24-15(13)20-16/h9H,5-8H2,1-4H3,(H,18,21)(H2,17,19,20). The van der Waals surface area contributed by atoms with Crippen LogP contribution in [0.4, 0.5) is 5.82 Å². The zero-order chi connectivity index (χ0) is 17.7. The maximum atomic E-state index is 11.9. The zero-order valence-corrected chi connectivity index (χ0v) is 16.1. The molecule has 0 radical (unpaired) electrons. The number of aromatic nitrogens is 2. The molecule has 2 aromatic rings. The number of thiophene rings is 1. The van der Waals surface area contributed by atoms with E-state index in [-0.39, 0.29) is 17.8 Å². The topological polar surface area (TPSA) is 90.1 Å². The second kappa shape index (κ2) is 8.64. The summed E-state index contributed by atoms with van der Waals surface area (Å²) in [6.45, 7) is 9.32. The number of hydrogen-bond acceptors (Lipinski definition) is 7. The van der Waals surface area contributed by atoms with Crippen LogP contribution in [0.1, 0.15) is 30.7 Å². The Balaban J connectivity index is 1.84. The molecule has 132 valence electrons. The number of nitrogens with two attached hydrogens (primary N) is 1. The van der Waals surface area contributed by atoms with E-state index in [0.29, 0.717) is 24.1 Å². The molecule has 0 spiro atoms. The van der Waals surface area contributed by atoms with Crippen LogP contribution in [-0.4, -0.2) is 40.9 Å². The highest BCUT2D eigenvalue weighted by Crippen LogP contribution is 2.33. The van der Waals surface area contributed by atoms with Crippen LogP contribution in [0.2, 0.25) is 0 Å². The summed E-state index contributed by atoms with van der Waals surface area (Å²) in [5.74, 6) is 0.722. The first-order chi connectivity index (χ1) is 11.4. The molecule has 0 aromatic carbocycles. The molecule has 0 saturated heterocycles. The molecule has 0 aliphatic carbocycles. The fraction of sp³-hybridized carbons (Fsp3) is 0.562. The van der Waals surface area contributed by atoms with Gasteiger partial charge in [-0.3, -0.25) is 4.79 Å². The molecular formula is C16H24N4O2S2. The van der Waals surface area contributed by atoms with Gasteiger partial charge >= 0.3 is 0 Å². The number of rotatable bonds is 8. The van der Waals surface area contributed by atoms with Crippen LogP contribution in [-0.2, 0) is 9.53 Å². The number of amides is 1. The number of hydrogen-bond donors (Lipinski definition) is 2. The van der Waals surface area contributed by atoms with E-state index in [9.17, 15) is 4.79 Å². The SMILES string of the molecule is Cc1sc2nc(SCC(=O)NCCCOC(C)C)nc(N)c2c1C. The lowest BCUT2D eigenvalue weighted by Gasteiger charge is -2.08. The Morgan fingerprint density at radius 1 is 1.38 bits per heavy atom. The molecule has 0 saturated carbocycles. The van der Waals surface area contributed by atoms with E-state index in [4.69, 9.17) is 10.5 Å². The van der Waals surface area contributed by atoms with Crippen LogP contribution >= 0.6 is 23.1 Å². The largest absolute Gasteiger partial charge is 0.383 e. The molecule has 0 fully saturated rings. The van der Waals surface area contributed by atoms with Crippen LogP contribution in [0.5, 0.6) is 0 Å². The Bertz CT molecular complexity index is 716. The van der Waals surface area contributed by atoms with Crippen LogP contribution < -0.4 is 11.1 Å². The molecule has 0 unspecified atom stereocenters. The Morgan fingerprint density at radius 3 is 2.83 bits per heavy atom. The monoisotopic (exact) mass is 368 g/mol. The number of thioether (sulfide) groups is 1. The summed E-state index contributed by atoms with van der Waals surface area (Å²) in [6.07, 6.45) is 1.02. The minimum Gasteiger partial charge on any atom is -0.383 e. The summed E-state index contributed by atoms with van der Waals surface area (Å²) in [4.78, 5) is 22.8. The zero-order valence-electron chi connectivity index (χ0n) is 14.5. The van der Waals surface area contributed by atoms with E-state index < -0.39 is 0 Å². The summed E-state index contributed by atoms with van der Waals surface area (Å²) >= 11 is 2.91. The number of nitrogens with zero attached hydrogens (tertiary/aromatic N) is 2. The van der Waals surface area contributed by atoms with Gasteiger partial charge in [-0.2, -0.15) is 0 Å². The molecule has 1 amide bonds. The highest BCUT2D eigenvalue weighted by atomic mass is 32.2. The first kappa shape index (κ1) is 19.0. The lowest BCUT2D eigenvalue weighted by atomic mass is 10.2. The third-order valence-electron chi connectivity index (χ3n) is 3.46. The van der Waals surface area contributed by atoms with Gasteiger partial charge in [-0.25, -0.2) is 9.97 Å². The predicted molar refractivity (Wildman–Crippen MR) is 101 cm³/mol. The van der Waals surface area contributed by atoms with Crippen molar-refractivity contribution in [2.45, 2.75) is 45.4 Å². The molecular weight excluding hydrogens is 344 g/mol. The predicted octanol–water partition coefficient (Wildman–Crippen LogP) is 2.91. The Kier molecular flexibility index (Phi) is 6.82. The van der Waals surface area contributed by atoms with Gasteiger partial charge in [0.15, 0.2) is 5.16 Å². The Morgan fingerprint density at radius 2 is 2.12 bits per heavy atom. The number of aryl methyl sites for hydroxylation is 2. The van der Waals surface area contributed by atoms with Gasteiger partial charge in [-0.15, -0.1) is 11.3 Å². The summed E-state index contributed by atoms with van der Waals surface area (Å²) in [5.41, 5.74) is 7.17. The van der Waals surface area contributed by atoms with Crippen molar-refractivity contribution in [3.8, 4) is 0 Å². The van der Waals surface area contributed by atoms with Gasteiger partial charge in [0.2, 0.25) is 5.91 Å². The van der Waals surface area contributed by atoms with E-state index in [1.54, 1.807) is 11.3 Å². The molecule has 24 heavy (non-hydrogen) atoms. The van der Waals surface area contributed by atoms with Gasteiger partial charge in [0, 0.05) is 18.0 Å². The lowest BCUT2D eigenvalue weighted by molar-refractivity contribution is -0.118. The second-order valence-electron chi connectivity index (χ2n) is 5.77. The fourth-order valence-corrected chi connectivity index (χ4v) is 3.90. The molecule has 2 aromatic heterocycles. The van der Waals surface area contributed by atoms with Gasteiger partial charge in [0.25, 0.3) is 0 Å². The lowest BCUT2D eigenvalue weighted by Crippen LogP contribution is -2.27. The minimum atomic E-state index is -0.0367. The van der Waals surface area contributed by atoms with Gasteiger partial charge in [-0.1, -0.05) is 11.8 Å². The molecule has 0 atom stereocenters. The van der Waals surface area contributed by atoms with Crippen molar-refractivity contribution in [2.75, 3.05) is 24.6 Å². The van der Waals surface area contributed by atoms with Crippen molar-refractivity contribution < 1.29 is 9.53 Å². The van der Waals surface area contributed by atoms with Crippen molar-refractivity contribution >= 4 is 45.0 Å². The first-order valence-electron chi connectivity index (χ1n) is 7.92. The smallest absolute Gasteiger partial charge is 0.230 e. The molecule has 0 aliphatic heterocycles. The number of nitrogen functional groups attached to an aromatic ring is 1. The average Bonchev–Trinajstić information content (AvgIpc) is 2.79. The molecule has 3 N–H and O–H groups in total. The molecule has 0 bridgehead atoms. The fourth-order valence-electron chi connectivity index (χ4n) is 2.12. The van der Waals surface area contributed by atoms with Crippen LogP contribution in [0.25, 0.3) is 10.2 Å². The average molecular weight is 369 g/mol. The van der Waals surface area contributed by atoms with E-state index in [1.165, 1.54) is 16.6 Å². The van der Waals surface area contributed by atoms with Crippen LogP contribution in [0, 0.1) is 13.8 Å². The number of carbonyl (C=O) groups excluding carboxylic acids is 1. The normalized spacial score (nSPS) is 11.4. The number of anilines is 1. The Hall–Kier alpha value is -1.38. The van der Waals surface area contributed by atoms with E-state index in [2.05, 4.69) is 15.3 Å². The number of nitrogens with one attached hydrogen (secondary N) is 1. The summed E-state index contributed by atoms with van der Waals surface area (Å²) < 4.78 is 5.43. The molecule has 2 rings (SSSR count). The number of ether oxygens (including phenoxy) is 1. The van der Waals surface area contributed by atoms with Gasteiger partial charge in [0.05, 0.1) is 17.2 Å². The summed E-state index contributed by atoms with van der Waals surface area (Å²) in [5, 5.41) is 4.34. The second-order valence-corrected chi connectivity index (χ2v) is 7.91. The number of fused-ring (bicyclic) bond motifs is 1. The molecule has 0 aliphatic rings. The molecule has 8 heteroatoms. The summed E-state index contributed by atoms with van der Waals surface area (Å²) in [7, 11) is 0. The highest BCUT2D eigenvalue weighted by Gasteiger charge is 2.13. The van der Waals surface area contributed by atoms with Crippen molar-refractivity contribution in [1.29, 1.82) is 0 Å². The molecule has 2 heterocycles. The Labute approximate surface area is 150 Å². The van der Waals surface area contributed by atoms with Crippen molar-refractivity contribution in [3.05, 3.63) is 10.4 Å². The first-order valence-corrected chi connectivity index (χ1v) is 9.73. The van der Waals surface area contributed by atoms with Gasteiger partial charge < -0.3 is 15.8 Å². The quantitative estimate of drug-likeness (QED) is 0.423. The van der Waals surface area contributed by atoms with Crippen molar-refractivity contribution in [2.24, 2.45) is 0 Å². The van der Waals surface area contributed by atoms with Crippen molar-refractivity contribution in [3.63, 3.8) is 0 Å².